The summed E-state index contributed by atoms with van der Waals surface area (Å²) in [5, 5.41) is 11.3. The van der Waals surface area contributed by atoms with Gasteiger partial charge in [-0.05, 0) is 36.7 Å². The lowest BCUT2D eigenvalue weighted by Gasteiger charge is -2.24. The minimum absolute atomic E-state index is 0.0260. The molecule has 0 spiro atoms. The maximum Gasteiger partial charge on any atom is 0.194 e. The molecular weight excluding hydrogens is 270 g/mol. The normalized spacial score (nSPS) is 10.1. The van der Waals surface area contributed by atoms with Gasteiger partial charge in [-0.3, -0.25) is 15.3 Å². The second kappa shape index (κ2) is 9.25. The number of pyridine rings is 1. The fourth-order valence-electron chi connectivity index (χ4n) is 1.78. The van der Waals surface area contributed by atoms with Gasteiger partial charge in [0.25, 0.3) is 0 Å². The summed E-state index contributed by atoms with van der Waals surface area (Å²) in [7, 11) is 0. The maximum atomic E-state index is 7.62. The van der Waals surface area contributed by atoms with Crippen LogP contribution < -0.4 is 11.1 Å². The Bertz CT molecular complexity index is 421. The van der Waals surface area contributed by atoms with Gasteiger partial charge in [0.15, 0.2) is 11.1 Å². The van der Waals surface area contributed by atoms with Crippen LogP contribution in [-0.2, 0) is 6.42 Å². The zero-order valence-corrected chi connectivity index (χ0v) is 12.7. The second-order valence-corrected chi connectivity index (χ2v) is 4.97. The van der Waals surface area contributed by atoms with Crippen LogP contribution in [0.25, 0.3) is 0 Å². The van der Waals surface area contributed by atoms with E-state index >= 15 is 0 Å². The predicted molar refractivity (Wildman–Crippen MR) is 86.7 cm³/mol. The number of nitrogens with one attached hydrogen (secondary N) is 2. The minimum atomic E-state index is -0.0260. The Morgan fingerprint density at radius 1 is 1.50 bits per heavy atom. The van der Waals surface area contributed by atoms with Gasteiger partial charge < -0.3 is 11.1 Å². The summed E-state index contributed by atoms with van der Waals surface area (Å²) >= 11 is 5.30. The van der Waals surface area contributed by atoms with E-state index in [4.69, 9.17) is 23.4 Å². The van der Waals surface area contributed by atoms with Crippen molar-refractivity contribution in [1.82, 2.24) is 15.2 Å². The summed E-state index contributed by atoms with van der Waals surface area (Å²) in [6.45, 7) is 3.57. The van der Waals surface area contributed by atoms with Crippen molar-refractivity contribution in [2.75, 3.05) is 13.1 Å². The number of thiocarbonyl (C=S) groups is 1. The third kappa shape index (κ3) is 5.97. The average molecular weight is 293 g/mol. The van der Waals surface area contributed by atoms with E-state index in [1.807, 2.05) is 18.3 Å². The first-order chi connectivity index (χ1) is 9.65. The molecule has 1 aromatic rings. The monoisotopic (exact) mass is 293 g/mol. The molecule has 0 atom stereocenters. The van der Waals surface area contributed by atoms with Crippen LogP contribution in [0, 0.1) is 5.41 Å². The molecule has 5 nitrogen and oxygen atoms in total. The van der Waals surface area contributed by atoms with E-state index in [1.165, 1.54) is 12.8 Å². The van der Waals surface area contributed by atoms with Gasteiger partial charge in [0.1, 0.15) is 0 Å². The number of aromatic nitrogens is 1. The Labute approximate surface area is 126 Å². The van der Waals surface area contributed by atoms with Crippen molar-refractivity contribution in [2.45, 2.75) is 32.6 Å². The first kappa shape index (κ1) is 16.4. The minimum Gasteiger partial charge on any atom is -0.370 e. The number of unbranched alkanes of at least 4 members (excludes halogenated alkanes) is 2. The van der Waals surface area contributed by atoms with Crippen molar-refractivity contribution in [3.63, 3.8) is 0 Å². The molecular formula is C14H23N5S. The van der Waals surface area contributed by atoms with Crippen LogP contribution in [0.15, 0.2) is 24.5 Å². The summed E-state index contributed by atoms with van der Waals surface area (Å²) in [5.74, 6) is -0.0260. The van der Waals surface area contributed by atoms with E-state index in [0.29, 0.717) is 11.7 Å². The highest BCUT2D eigenvalue weighted by Crippen LogP contribution is 2.00. The predicted octanol–water partition coefficient (Wildman–Crippen LogP) is 1.88. The van der Waals surface area contributed by atoms with Crippen LogP contribution in [0.5, 0.6) is 0 Å². The summed E-state index contributed by atoms with van der Waals surface area (Å²) in [6.07, 6.45) is 7.73. The molecule has 0 saturated heterocycles. The first-order valence-corrected chi connectivity index (χ1v) is 7.34. The SMILES string of the molecule is CCCCCNC(=S)N(CCc1cccnc1)C(=N)N. The Kier molecular flexibility index (Phi) is 7.57. The molecule has 1 aromatic heterocycles. The number of guanidine groups is 1. The number of rotatable bonds is 7. The van der Waals surface area contributed by atoms with Gasteiger partial charge in [0.2, 0.25) is 0 Å². The molecule has 0 radical (unpaired) electrons. The van der Waals surface area contributed by atoms with Gasteiger partial charge in [-0.2, -0.15) is 0 Å². The van der Waals surface area contributed by atoms with Crippen molar-refractivity contribution in [2.24, 2.45) is 5.73 Å². The van der Waals surface area contributed by atoms with E-state index in [-0.39, 0.29) is 5.96 Å². The van der Waals surface area contributed by atoms with E-state index in [9.17, 15) is 0 Å². The van der Waals surface area contributed by atoms with Gasteiger partial charge in [0.05, 0.1) is 0 Å². The van der Waals surface area contributed by atoms with E-state index in [2.05, 4.69) is 17.2 Å². The number of hydrogen-bond donors (Lipinski definition) is 3. The van der Waals surface area contributed by atoms with Gasteiger partial charge >= 0.3 is 0 Å². The smallest absolute Gasteiger partial charge is 0.194 e. The average Bonchev–Trinajstić information content (AvgIpc) is 2.44. The van der Waals surface area contributed by atoms with Crippen LogP contribution in [0.2, 0.25) is 0 Å². The standard InChI is InChI=1S/C14H23N5S/c1-2-3-4-9-18-14(20)19(13(15)16)10-7-12-6-5-8-17-11-12/h5-6,8,11H,2-4,7,9-10H2,1H3,(H3,15,16)(H,18,20). The Morgan fingerprint density at radius 2 is 2.30 bits per heavy atom. The lowest BCUT2D eigenvalue weighted by molar-refractivity contribution is 0.571. The molecule has 0 fully saturated rings. The van der Waals surface area contributed by atoms with Crippen molar-refractivity contribution >= 4 is 23.3 Å². The van der Waals surface area contributed by atoms with Crippen molar-refractivity contribution < 1.29 is 0 Å². The van der Waals surface area contributed by atoms with Crippen molar-refractivity contribution in [3.8, 4) is 0 Å². The van der Waals surface area contributed by atoms with Gasteiger partial charge in [-0.1, -0.05) is 25.8 Å². The molecule has 1 rings (SSSR count). The second-order valence-electron chi connectivity index (χ2n) is 4.59. The van der Waals surface area contributed by atoms with E-state index in [1.54, 1.807) is 11.1 Å². The summed E-state index contributed by atoms with van der Waals surface area (Å²) < 4.78 is 0. The Morgan fingerprint density at radius 3 is 2.90 bits per heavy atom. The van der Waals surface area contributed by atoms with Crippen LogP contribution in [-0.4, -0.2) is 34.0 Å². The van der Waals surface area contributed by atoms with Crippen LogP contribution in [0.3, 0.4) is 0 Å². The number of nitrogens with two attached hydrogens (primary N) is 1. The fraction of sp³-hybridized carbons (Fsp3) is 0.500. The molecule has 0 aliphatic heterocycles. The number of nitrogens with zero attached hydrogens (tertiary/aromatic N) is 2. The van der Waals surface area contributed by atoms with Crippen molar-refractivity contribution in [1.29, 1.82) is 5.41 Å². The van der Waals surface area contributed by atoms with Crippen LogP contribution in [0.1, 0.15) is 31.7 Å². The molecule has 20 heavy (non-hydrogen) atoms. The Balaban J connectivity index is 2.43. The highest BCUT2D eigenvalue weighted by molar-refractivity contribution is 7.80. The first-order valence-electron chi connectivity index (χ1n) is 6.93. The lowest BCUT2D eigenvalue weighted by Crippen LogP contribution is -2.47. The molecule has 0 aromatic carbocycles. The van der Waals surface area contributed by atoms with Gasteiger partial charge in [-0.15, -0.1) is 0 Å². The summed E-state index contributed by atoms with van der Waals surface area (Å²) in [5.41, 5.74) is 6.70. The van der Waals surface area contributed by atoms with Crippen molar-refractivity contribution in [3.05, 3.63) is 30.1 Å². The van der Waals surface area contributed by atoms with E-state index in [0.717, 1.165) is 24.9 Å². The molecule has 110 valence electrons. The molecule has 0 amide bonds. The molecule has 1 heterocycles. The zero-order valence-electron chi connectivity index (χ0n) is 11.9. The largest absolute Gasteiger partial charge is 0.370 e. The topological polar surface area (TPSA) is 78.0 Å². The highest BCUT2D eigenvalue weighted by atomic mass is 32.1. The molecule has 0 unspecified atom stereocenters. The Hall–Kier alpha value is -1.69. The fourth-order valence-corrected chi connectivity index (χ4v) is 2.08. The molecule has 0 aliphatic rings. The van der Waals surface area contributed by atoms with Crippen LogP contribution >= 0.6 is 12.2 Å². The highest BCUT2D eigenvalue weighted by Gasteiger charge is 2.12. The third-order valence-electron chi connectivity index (χ3n) is 2.94. The number of hydrogen-bond acceptors (Lipinski definition) is 3. The maximum absolute atomic E-state index is 7.62. The zero-order chi connectivity index (χ0) is 14.8. The summed E-state index contributed by atoms with van der Waals surface area (Å²) in [6, 6.07) is 3.90. The van der Waals surface area contributed by atoms with Crippen LogP contribution in [0.4, 0.5) is 0 Å². The van der Waals surface area contributed by atoms with Gasteiger partial charge in [-0.25, -0.2) is 0 Å². The lowest BCUT2D eigenvalue weighted by atomic mass is 10.2. The molecule has 4 N–H and O–H groups in total. The molecule has 6 heteroatoms. The van der Waals surface area contributed by atoms with E-state index < -0.39 is 0 Å². The molecule has 0 bridgehead atoms. The molecule has 0 aliphatic carbocycles. The third-order valence-corrected chi connectivity index (χ3v) is 3.30. The molecule has 0 saturated carbocycles. The quantitative estimate of drug-likeness (QED) is 0.310. The summed E-state index contributed by atoms with van der Waals surface area (Å²) in [4.78, 5) is 5.69. The van der Waals surface area contributed by atoms with Gasteiger partial charge in [0, 0.05) is 25.5 Å².